The number of amides is 3. The van der Waals surface area contributed by atoms with Crippen molar-refractivity contribution in [1.29, 1.82) is 0 Å². The summed E-state index contributed by atoms with van der Waals surface area (Å²) in [5.41, 5.74) is 7.64. The molecule has 0 spiro atoms. The number of carbonyl (C=O) groups is 3. The first kappa shape index (κ1) is 19.6. The Morgan fingerprint density at radius 2 is 2.00 bits per heavy atom. The topological polar surface area (TPSA) is 78.5 Å². The van der Waals surface area contributed by atoms with E-state index in [4.69, 9.17) is 0 Å². The molecule has 6 nitrogen and oxygen atoms in total. The molecule has 4 rings (SSSR count). The summed E-state index contributed by atoms with van der Waals surface area (Å²) in [6, 6.07) is 9.10. The molecule has 2 N–H and O–H groups in total. The standard InChI is InChI=1S/C22H25N3O3S/c1-14-7-8-18-17(10-14)12-19(29-18)22(28)24-23-21(27)16-5-2-4-15(11-16)13-25-9-3-6-20(25)26/h2,4-5,11-12,14H,3,6-10,13H2,1H3,(H,23,27)(H,24,28)/t14-/m0/s1. The van der Waals surface area contributed by atoms with Gasteiger partial charge in [-0.25, -0.2) is 0 Å². The molecule has 3 amide bonds. The van der Waals surface area contributed by atoms with Gasteiger partial charge in [0.05, 0.1) is 4.88 Å². The number of hydrogen-bond acceptors (Lipinski definition) is 4. The van der Waals surface area contributed by atoms with Crippen molar-refractivity contribution in [2.45, 2.75) is 45.6 Å². The lowest BCUT2D eigenvalue weighted by molar-refractivity contribution is -0.128. The van der Waals surface area contributed by atoms with Gasteiger partial charge in [0.15, 0.2) is 0 Å². The second-order valence-electron chi connectivity index (χ2n) is 7.93. The summed E-state index contributed by atoms with van der Waals surface area (Å²) < 4.78 is 0. The molecule has 1 saturated heterocycles. The molecule has 1 aromatic carbocycles. The predicted octanol–water partition coefficient (Wildman–Crippen LogP) is 3.07. The zero-order chi connectivity index (χ0) is 20.4. The van der Waals surface area contributed by atoms with E-state index in [0.29, 0.717) is 29.3 Å². The van der Waals surface area contributed by atoms with E-state index in [0.717, 1.165) is 37.8 Å². The van der Waals surface area contributed by atoms with Crippen LogP contribution in [0.5, 0.6) is 0 Å². The minimum atomic E-state index is -0.372. The van der Waals surface area contributed by atoms with E-state index in [-0.39, 0.29) is 17.7 Å². The highest BCUT2D eigenvalue weighted by Gasteiger charge is 2.22. The second kappa shape index (κ2) is 8.37. The van der Waals surface area contributed by atoms with E-state index < -0.39 is 0 Å². The SMILES string of the molecule is C[C@H]1CCc2sc(C(=O)NNC(=O)c3cccc(CN4CCCC4=O)c3)cc2C1. The number of nitrogens with one attached hydrogen (secondary N) is 2. The third-order valence-electron chi connectivity index (χ3n) is 5.58. The summed E-state index contributed by atoms with van der Waals surface area (Å²) >= 11 is 1.51. The van der Waals surface area contributed by atoms with Crippen molar-refractivity contribution in [1.82, 2.24) is 15.8 Å². The van der Waals surface area contributed by atoms with E-state index in [1.54, 1.807) is 23.1 Å². The number of hydrazine groups is 1. The fourth-order valence-corrected chi connectivity index (χ4v) is 5.07. The Bertz CT molecular complexity index is 953. The molecule has 0 radical (unpaired) electrons. The van der Waals surface area contributed by atoms with Crippen molar-refractivity contribution >= 4 is 29.1 Å². The Labute approximate surface area is 174 Å². The lowest BCUT2D eigenvalue weighted by atomic mass is 9.90. The molecule has 1 atom stereocenters. The Morgan fingerprint density at radius 3 is 2.79 bits per heavy atom. The third-order valence-corrected chi connectivity index (χ3v) is 6.81. The van der Waals surface area contributed by atoms with Crippen LogP contribution in [0.1, 0.15) is 62.2 Å². The van der Waals surface area contributed by atoms with Crippen molar-refractivity contribution in [2.75, 3.05) is 6.54 Å². The van der Waals surface area contributed by atoms with Crippen LogP contribution in [0.2, 0.25) is 0 Å². The smallest absolute Gasteiger partial charge is 0.279 e. The molecule has 1 aromatic heterocycles. The first-order valence-corrected chi connectivity index (χ1v) is 10.9. The summed E-state index contributed by atoms with van der Waals surface area (Å²) in [6.45, 7) is 3.49. The van der Waals surface area contributed by atoms with Crippen molar-refractivity contribution in [3.05, 3.63) is 56.8 Å². The lowest BCUT2D eigenvalue weighted by Gasteiger charge is -2.16. The van der Waals surface area contributed by atoms with Gasteiger partial charge in [-0.2, -0.15) is 0 Å². The van der Waals surface area contributed by atoms with Gasteiger partial charge < -0.3 is 4.90 Å². The minimum absolute atomic E-state index is 0.153. The molecule has 1 aliphatic heterocycles. The average molecular weight is 412 g/mol. The van der Waals surface area contributed by atoms with Crippen LogP contribution >= 0.6 is 11.3 Å². The van der Waals surface area contributed by atoms with Gasteiger partial charge in [-0.05, 0) is 60.9 Å². The van der Waals surface area contributed by atoms with Gasteiger partial charge in [-0.15, -0.1) is 11.3 Å². The molecule has 1 aliphatic carbocycles. The number of nitrogens with zero attached hydrogens (tertiary/aromatic N) is 1. The lowest BCUT2D eigenvalue weighted by Crippen LogP contribution is -2.41. The van der Waals surface area contributed by atoms with Crippen molar-refractivity contribution in [3.8, 4) is 0 Å². The highest BCUT2D eigenvalue weighted by molar-refractivity contribution is 7.14. The van der Waals surface area contributed by atoms with E-state index in [2.05, 4.69) is 17.8 Å². The maximum absolute atomic E-state index is 12.5. The maximum atomic E-state index is 12.5. The van der Waals surface area contributed by atoms with Crippen LogP contribution in [-0.2, 0) is 24.2 Å². The highest BCUT2D eigenvalue weighted by atomic mass is 32.1. The van der Waals surface area contributed by atoms with Gasteiger partial charge in [-0.3, -0.25) is 25.2 Å². The zero-order valence-corrected chi connectivity index (χ0v) is 17.3. The van der Waals surface area contributed by atoms with Gasteiger partial charge in [0, 0.05) is 30.0 Å². The Kier molecular flexibility index (Phi) is 5.67. The van der Waals surface area contributed by atoms with Crippen molar-refractivity contribution in [3.63, 3.8) is 0 Å². The summed E-state index contributed by atoms with van der Waals surface area (Å²) in [5, 5.41) is 0. The normalized spacial score (nSPS) is 18.4. The molecule has 7 heteroatoms. The minimum Gasteiger partial charge on any atom is -0.338 e. The molecule has 2 aromatic rings. The highest BCUT2D eigenvalue weighted by Crippen LogP contribution is 2.32. The quantitative estimate of drug-likeness (QED) is 0.759. The summed E-state index contributed by atoms with van der Waals surface area (Å²) in [7, 11) is 0. The fraction of sp³-hybridized carbons (Fsp3) is 0.409. The number of hydrogen-bond donors (Lipinski definition) is 2. The van der Waals surface area contributed by atoms with Crippen molar-refractivity contribution < 1.29 is 14.4 Å². The first-order valence-electron chi connectivity index (χ1n) is 10.1. The van der Waals surface area contributed by atoms with Gasteiger partial charge in [0.2, 0.25) is 5.91 Å². The molecular weight excluding hydrogens is 386 g/mol. The summed E-state index contributed by atoms with van der Waals surface area (Å²) in [4.78, 5) is 40.4. The van der Waals surface area contributed by atoms with Crippen molar-refractivity contribution in [2.24, 2.45) is 5.92 Å². The van der Waals surface area contributed by atoms with Gasteiger partial charge in [0.25, 0.3) is 11.8 Å². The molecule has 152 valence electrons. The number of aryl methyl sites for hydroxylation is 1. The van der Waals surface area contributed by atoms with Gasteiger partial charge in [-0.1, -0.05) is 19.1 Å². The van der Waals surface area contributed by atoms with E-state index >= 15 is 0 Å². The number of benzene rings is 1. The number of rotatable bonds is 4. The van der Waals surface area contributed by atoms with Crippen LogP contribution in [0.3, 0.4) is 0 Å². The monoisotopic (exact) mass is 411 g/mol. The van der Waals surface area contributed by atoms with Gasteiger partial charge in [0.1, 0.15) is 0 Å². The molecule has 2 heterocycles. The maximum Gasteiger partial charge on any atom is 0.279 e. The van der Waals surface area contributed by atoms with E-state index in [1.807, 2.05) is 12.1 Å². The van der Waals surface area contributed by atoms with Gasteiger partial charge >= 0.3 is 0 Å². The van der Waals surface area contributed by atoms with Crippen LogP contribution in [0, 0.1) is 5.92 Å². The average Bonchev–Trinajstić information content (AvgIpc) is 3.32. The van der Waals surface area contributed by atoms with E-state index in [1.165, 1.54) is 21.8 Å². The Morgan fingerprint density at radius 1 is 1.17 bits per heavy atom. The third kappa shape index (κ3) is 4.50. The van der Waals surface area contributed by atoms with Crippen LogP contribution in [0.4, 0.5) is 0 Å². The number of carbonyl (C=O) groups excluding carboxylic acids is 3. The molecule has 0 unspecified atom stereocenters. The van der Waals surface area contributed by atoms with Crippen LogP contribution < -0.4 is 10.9 Å². The fourth-order valence-electron chi connectivity index (χ4n) is 3.97. The number of thiophene rings is 1. The molecule has 29 heavy (non-hydrogen) atoms. The summed E-state index contributed by atoms with van der Waals surface area (Å²) in [5.74, 6) is 0.142. The molecule has 1 fully saturated rings. The molecule has 2 aliphatic rings. The molecular formula is C22H25N3O3S. The summed E-state index contributed by atoms with van der Waals surface area (Å²) in [6.07, 6.45) is 4.67. The Balaban J connectivity index is 1.35. The second-order valence-corrected chi connectivity index (χ2v) is 9.07. The first-order chi connectivity index (χ1) is 14.0. The molecule has 0 saturated carbocycles. The van der Waals surface area contributed by atoms with Crippen LogP contribution in [-0.4, -0.2) is 29.2 Å². The largest absolute Gasteiger partial charge is 0.338 e. The predicted molar refractivity (Wildman–Crippen MR) is 112 cm³/mol. The molecule has 0 bridgehead atoms. The number of fused-ring (bicyclic) bond motifs is 1. The Hall–Kier alpha value is -2.67. The van der Waals surface area contributed by atoms with E-state index in [9.17, 15) is 14.4 Å². The van der Waals surface area contributed by atoms with Crippen LogP contribution in [0.15, 0.2) is 30.3 Å². The number of likely N-dealkylation sites (tertiary alicyclic amines) is 1. The van der Waals surface area contributed by atoms with Crippen LogP contribution in [0.25, 0.3) is 0 Å². The zero-order valence-electron chi connectivity index (χ0n) is 16.5.